The van der Waals surface area contributed by atoms with Crippen LogP contribution < -0.4 is 0 Å². The Morgan fingerprint density at radius 2 is 1.69 bits per heavy atom. The Kier molecular flexibility index (Phi) is 6.57. The van der Waals surface area contributed by atoms with Crippen LogP contribution in [0.4, 0.5) is 0 Å². The Labute approximate surface area is 103 Å². The predicted molar refractivity (Wildman–Crippen MR) is 76.4 cm³/mol. The van der Waals surface area contributed by atoms with E-state index < -0.39 is 8.32 Å². The number of hydrogen-bond acceptors (Lipinski definition) is 1. The van der Waals surface area contributed by atoms with Gasteiger partial charge in [0.05, 0.1) is 0 Å². The van der Waals surface area contributed by atoms with Crippen LogP contribution in [0, 0.1) is 0 Å². The van der Waals surface area contributed by atoms with E-state index in [1.807, 2.05) is 0 Å². The molecule has 0 aliphatic heterocycles. The van der Waals surface area contributed by atoms with Crippen molar-refractivity contribution in [3.63, 3.8) is 0 Å². The monoisotopic (exact) mass is 242 g/mol. The quantitative estimate of drug-likeness (QED) is 0.463. The molecular formula is C14H30OSi. The Bertz CT molecular complexity index is 213. The van der Waals surface area contributed by atoms with Gasteiger partial charge in [-0.15, -0.1) is 0 Å². The highest BCUT2D eigenvalue weighted by Crippen LogP contribution is 2.37. The van der Waals surface area contributed by atoms with E-state index in [4.69, 9.17) is 4.43 Å². The molecule has 0 fully saturated rings. The summed E-state index contributed by atoms with van der Waals surface area (Å²) in [7, 11) is -1.58. The average molecular weight is 242 g/mol. The van der Waals surface area contributed by atoms with Gasteiger partial charge in [0.15, 0.2) is 8.32 Å². The number of hydrogen-bond donors (Lipinski definition) is 0. The van der Waals surface area contributed by atoms with Crippen molar-refractivity contribution in [3.8, 4) is 0 Å². The summed E-state index contributed by atoms with van der Waals surface area (Å²) in [5, 5.41) is 0.314. The zero-order chi connectivity index (χ0) is 12.8. The molecule has 0 bridgehead atoms. The SMILES string of the molecule is CC/C=C/C[C@H](CC)O[Si](C)(C)C(C)(C)C. The number of allylic oxidation sites excluding steroid dienone is 1. The third kappa shape index (κ3) is 5.31. The summed E-state index contributed by atoms with van der Waals surface area (Å²) >= 11 is 0. The molecule has 0 aliphatic rings. The first-order valence-electron chi connectivity index (χ1n) is 6.57. The minimum Gasteiger partial charge on any atom is -0.414 e. The summed E-state index contributed by atoms with van der Waals surface area (Å²) in [5.74, 6) is 0. The zero-order valence-corrected chi connectivity index (χ0v) is 13.3. The molecule has 2 heteroatoms. The lowest BCUT2D eigenvalue weighted by molar-refractivity contribution is 0.179. The molecule has 0 aromatic heterocycles. The molecule has 0 aliphatic carbocycles. The number of rotatable bonds is 6. The summed E-state index contributed by atoms with van der Waals surface area (Å²) in [6.07, 6.45) is 8.20. The fourth-order valence-electron chi connectivity index (χ4n) is 1.31. The van der Waals surface area contributed by atoms with Gasteiger partial charge in [0.25, 0.3) is 0 Å². The van der Waals surface area contributed by atoms with Crippen LogP contribution in [0.3, 0.4) is 0 Å². The van der Waals surface area contributed by atoms with Crippen LogP contribution in [0.2, 0.25) is 18.1 Å². The van der Waals surface area contributed by atoms with Gasteiger partial charge in [-0.1, -0.05) is 46.8 Å². The summed E-state index contributed by atoms with van der Waals surface area (Å²) < 4.78 is 6.39. The molecule has 16 heavy (non-hydrogen) atoms. The highest BCUT2D eigenvalue weighted by atomic mass is 28.4. The van der Waals surface area contributed by atoms with Gasteiger partial charge >= 0.3 is 0 Å². The van der Waals surface area contributed by atoms with Crippen LogP contribution in [0.15, 0.2) is 12.2 Å². The maximum atomic E-state index is 6.39. The molecule has 0 saturated heterocycles. The zero-order valence-electron chi connectivity index (χ0n) is 12.3. The Morgan fingerprint density at radius 3 is 2.06 bits per heavy atom. The molecule has 1 atom stereocenters. The third-order valence-electron chi connectivity index (χ3n) is 3.52. The van der Waals surface area contributed by atoms with E-state index in [0.717, 1.165) is 19.3 Å². The van der Waals surface area contributed by atoms with Crippen molar-refractivity contribution in [1.29, 1.82) is 0 Å². The topological polar surface area (TPSA) is 9.23 Å². The lowest BCUT2D eigenvalue weighted by Crippen LogP contribution is -2.43. The van der Waals surface area contributed by atoms with E-state index in [-0.39, 0.29) is 0 Å². The maximum Gasteiger partial charge on any atom is 0.192 e. The Balaban J connectivity index is 4.36. The second kappa shape index (κ2) is 6.60. The molecular weight excluding hydrogens is 212 g/mol. The minimum absolute atomic E-state index is 0.314. The van der Waals surface area contributed by atoms with Crippen LogP contribution >= 0.6 is 0 Å². The molecule has 0 spiro atoms. The van der Waals surface area contributed by atoms with Gasteiger partial charge in [-0.25, -0.2) is 0 Å². The third-order valence-corrected chi connectivity index (χ3v) is 8.06. The van der Waals surface area contributed by atoms with Crippen molar-refractivity contribution in [3.05, 3.63) is 12.2 Å². The van der Waals surface area contributed by atoms with Crippen LogP contribution in [0.5, 0.6) is 0 Å². The van der Waals surface area contributed by atoms with E-state index in [0.29, 0.717) is 11.1 Å². The second-order valence-corrected chi connectivity index (χ2v) is 10.8. The molecule has 0 saturated carbocycles. The van der Waals surface area contributed by atoms with Crippen LogP contribution in [0.25, 0.3) is 0 Å². The second-order valence-electron chi connectivity index (χ2n) is 6.02. The van der Waals surface area contributed by atoms with Gasteiger partial charge in [-0.05, 0) is 37.4 Å². The molecule has 1 nitrogen and oxygen atoms in total. The van der Waals surface area contributed by atoms with Crippen molar-refractivity contribution in [2.75, 3.05) is 0 Å². The fraction of sp³-hybridized carbons (Fsp3) is 0.857. The van der Waals surface area contributed by atoms with Gasteiger partial charge in [-0.3, -0.25) is 0 Å². The smallest absolute Gasteiger partial charge is 0.192 e. The summed E-state index contributed by atoms with van der Waals surface area (Å²) in [4.78, 5) is 0. The van der Waals surface area contributed by atoms with Gasteiger partial charge in [0.2, 0.25) is 0 Å². The molecule has 0 unspecified atom stereocenters. The van der Waals surface area contributed by atoms with Gasteiger partial charge in [0.1, 0.15) is 0 Å². The molecule has 96 valence electrons. The Hall–Kier alpha value is -0.0831. The van der Waals surface area contributed by atoms with Gasteiger partial charge in [0, 0.05) is 6.10 Å². The molecule has 0 aromatic carbocycles. The van der Waals surface area contributed by atoms with Crippen molar-refractivity contribution < 1.29 is 4.43 Å². The van der Waals surface area contributed by atoms with Crippen LogP contribution in [-0.2, 0) is 4.43 Å². The first kappa shape index (κ1) is 15.9. The predicted octanol–water partition coefficient (Wildman–Crippen LogP) is 5.14. The molecule has 0 N–H and O–H groups in total. The lowest BCUT2D eigenvalue weighted by atomic mass is 10.2. The fourth-order valence-corrected chi connectivity index (χ4v) is 2.76. The van der Waals surface area contributed by atoms with Gasteiger partial charge < -0.3 is 4.43 Å². The van der Waals surface area contributed by atoms with E-state index in [1.54, 1.807) is 0 Å². The van der Waals surface area contributed by atoms with Crippen molar-refractivity contribution >= 4 is 8.32 Å². The average Bonchev–Trinajstić information content (AvgIpc) is 2.14. The highest BCUT2D eigenvalue weighted by molar-refractivity contribution is 6.74. The first-order valence-corrected chi connectivity index (χ1v) is 9.48. The normalized spacial score (nSPS) is 15.7. The molecule has 0 radical (unpaired) electrons. The van der Waals surface area contributed by atoms with E-state index >= 15 is 0 Å². The van der Waals surface area contributed by atoms with Crippen LogP contribution in [0.1, 0.15) is 53.9 Å². The van der Waals surface area contributed by atoms with E-state index in [9.17, 15) is 0 Å². The standard InChI is InChI=1S/C14H30OSi/c1-8-10-11-12-13(9-2)15-16(6,7)14(3,4)5/h10-11,13H,8-9,12H2,1-7H3/b11-10+/t13-/m0/s1. The highest BCUT2D eigenvalue weighted by Gasteiger charge is 2.38. The summed E-state index contributed by atoms with van der Waals surface area (Å²) in [6.45, 7) is 16.0. The van der Waals surface area contributed by atoms with Crippen molar-refractivity contribution in [2.45, 2.75) is 78.1 Å². The minimum atomic E-state index is -1.58. The first-order chi connectivity index (χ1) is 7.24. The Morgan fingerprint density at radius 1 is 1.12 bits per heavy atom. The molecule has 0 aromatic rings. The molecule has 0 amide bonds. The van der Waals surface area contributed by atoms with Crippen molar-refractivity contribution in [1.82, 2.24) is 0 Å². The molecule has 0 rings (SSSR count). The largest absolute Gasteiger partial charge is 0.414 e. The van der Waals surface area contributed by atoms with Crippen LogP contribution in [-0.4, -0.2) is 14.4 Å². The summed E-state index contributed by atoms with van der Waals surface area (Å²) in [5.41, 5.74) is 0. The van der Waals surface area contributed by atoms with E-state index in [1.165, 1.54) is 0 Å². The summed E-state index contributed by atoms with van der Waals surface area (Å²) in [6, 6.07) is 0. The maximum absolute atomic E-state index is 6.39. The van der Waals surface area contributed by atoms with Crippen molar-refractivity contribution in [2.24, 2.45) is 0 Å². The lowest BCUT2D eigenvalue weighted by Gasteiger charge is -2.39. The van der Waals surface area contributed by atoms with Gasteiger partial charge in [-0.2, -0.15) is 0 Å². The van der Waals surface area contributed by atoms with E-state index in [2.05, 4.69) is 59.9 Å². The molecule has 0 heterocycles.